The van der Waals surface area contributed by atoms with Crippen LogP contribution in [0.2, 0.25) is 0 Å². The number of aromatic hydroxyl groups is 1. The number of phenolic OH excluding ortho intramolecular Hbond substituents is 1. The summed E-state index contributed by atoms with van der Waals surface area (Å²) in [5.41, 5.74) is 1.92. The Balaban J connectivity index is 2.20. The van der Waals surface area contributed by atoms with E-state index in [1.165, 1.54) is 13.2 Å². The maximum absolute atomic E-state index is 11.1. The summed E-state index contributed by atoms with van der Waals surface area (Å²) < 4.78 is 9.84. The van der Waals surface area contributed by atoms with Crippen molar-refractivity contribution in [1.82, 2.24) is 0 Å². The molecule has 0 unspecified atom stereocenters. The van der Waals surface area contributed by atoms with E-state index in [-0.39, 0.29) is 5.75 Å². The zero-order valence-corrected chi connectivity index (χ0v) is 9.56. The highest BCUT2D eigenvalue weighted by Gasteiger charge is 2.26. The summed E-state index contributed by atoms with van der Waals surface area (Å²) in [7, 11) is 1.44. The van der Waals surface area contributed by atoms with Crippen LogP contribution in [0.4, 0.5) is 5.69 Å². The molecular formula is C12H13NO4. The molecule has 1 aromatic carbocycles. The normalized spacial score (nSPS) is 18.8. The lowest BCUT2D eigenvalue weighted by Gasteiger charge is -2.14. The molecule has 5 nitrogen and oxygen atoms in total. The predicted molar refractivity (Wildman–Crippen MR) is 61.4 cm³/mol. The monoisotopic (exact) mass is 235 g/mol. The number of ether oxygens (including phenoxy) is 2. The number of esters is 1. The Morgan fingerprint density at radius 1 is 1.47 bits per heavy atom. The van der Waals surface area contributed by atoms with Gasteiger partial charge in [-0.2, -0.15) is 0 Å². The fourth-order valence-corrected chi connectivity index (χ4v) is 1.57. The topological polar surface area (TPSA) is 67.8 Å². The molecule has 1 heterocycles. The average molecular weight is 235 g/mol. The van der Waals surface area contributed by atoms with Crippen LogP contribution in [0.15, 0.2) is 30.0 Å². The van der Waals surface area contributed by atoms with Crippen molar-refractivity contribution in [2.75, 3.05) is 12.4 Å². The van der Waals surface area contributed by atoms with Crippen LogP contribution in [0.5, 0.6) is 5.75 Å². The molecule has 0 saturated carbocycles. The fraction of sp³-hybridized carbons (Fsp3) is 0.250. The highest BCUT2D eigenvalue weighted by Crippen LogP contribution is 2.27. The zero-order chi connectivity index (χ0) is 12.4. The summed E-state index contributed by atoms with van der Waals surface area (Å²) in [6.45, 7) is 1.88. The molecule has 1 aromatic rings. The molecule has 0 radical (unpaired) electrons. The van der Waals surface area contributed by atoms with Gasteiger partial charge in [0.15, 0.2) is 0 Å². The molecular weight excluding hydrogens is 222 g/mol. The number of aryl methyl sites for hydroxylation is 1. The minimum atomic E-state index is -0.747. The second kappa shape index (κ2) is 4.47. The lowest BCUT2D eigenvalue weighted by atomic mass is 10.2. The molecule has 17 heavy (non-hydrogen) atoms. The largest absolute Gasteiger partial charge is 0.506 e. The number of anilines is 1. The van der Waals surface area contributed by atoms with Crippen LogP contribution in [-0.4, -0.2) is 24.5 Å². The second-order valence-electron chi connectivity index (χ2n) is 3.75. The fourth-order valence-electron chi connectivity index (χ4n) is 1.57. The number of hydrogen-bond donors (Lipinski definition) is 2. The van der Waals surface area contributed by atoms with E-state index < -0.39 is 12.3 Å². The number of nitrogens with one attached hydrogen (secondary N) is 1. The van der Waals surface area contributed by atoms with Crippen LogP contribution in [-0.2, 0) is 14.3 Å². The van der Waals surface area contributed by atoms with Gasteiger partial charge in [0.05, 0.1) is 11.4 Å². The highest BCUT2D eigenvalue weighted by atomic mass is 16.7. The molecule has 5 heteroatoms. The summed E-state index contributed by atoms with van der Waals surface area (Å²) in [5.74, 6) is -0.356. The van der Waals surface area contributed by atoms with Crippen LogP contribution in [0.1, 0.15) is 5.56 Å². The first-order chi connectivity index (χ1) is 8.10. The number of carbonyl (C=O) groups excluding carboxylic acids is 1. The third-order valence-electron chi connectivity index (χ3n) is 2.40. The van der Waals surface area contributed by atoms with Crippen LogP contribution in [0.25, 0.3) is 0 Å². The Kier molecular flexibility index (Phi) is 3.01. The van der Waals surface area contributed by atoms with E-state index in [1.54, 1.807) is 12.1 Å². The first kappa shape index (κ1) is 11.5. The van der Waals surface area contributed by atoms with Crippen molar-refractivity contribution in [3.05, 3.63) is 35.5 Å². The standard InChI is InChI=1S/C12H13NO4/c1-7-3-4-8(10(14)5-7)13-9-6-11(15)17-12(9)16-2/h3-6,12-14H,1-2H3/t12-/m1/s1. The van der Waals surface area contributed by atoms with Gasteiger partial charge in [-0.1, -0.05) is 6.07 Å². The van der Waals surface area contributed by atoms with Gasteiger partial charge in [0.1, 0.15) is 5.75 Å². The quantitative estimate of drug-likeness (QED) is 0.614. The van der Waals surface area contributed by atoms with Gasteiger partial charge < -0.3 is 19.9 Å². The maximum atomic E-state index is 11.1. The van der Waals surface area contributed by atoms with Crippen molar-refractivity contribution in [1.29, 1.82) is 0 Å². The smallest absolute Gasteiger partial charge is 0.335 e. The summed E-state index contributed by atoms with van der Waals surface area (Å²) in [6, 6.07) is 5.20. The first-order valence-electron chi connectivity index (χ1n) is 5.12. The highest BCUT2D eigenvalue weighted by molar-refractivity contribution is 5.86. The zero-order valence-electron chi connectivity index (χ0n) is 9.56. The van der Waals surface area contributed by atoms with Gasteiger partial charge in [-0.3, -0.25) is 0 Å². The van der Waals surface area contributed by atoms with E-state index in [4.69, 9.17) is 9.47 Å². The van der Waals surface area contributed by atoms with Crippen molar-refractivity contribution < 1.29 is 19.4 Å². The summed E-state index contributed by atoms with van der Waals surface area (Å²) in [6.07, 6.45) is 0.552. The molecule has 0 aromatic heterocycles. The van der Waals surface area contributed by atoms with Crippen LogP contribution >= 0.6 is 0 Å². The Bertz CT molecular complexity index is 481. The van der Waals surface area contributed by atoms with Crippen molar-refractivity contribution in [2.45, 2.75) is 13.2 Å². The van der Waals surface area contributed by atoms with Gasteiger partial charge in [-0.25, -0.2) is 4.79 Å². The van der Waals surface area contributed by atoms with Crippen LogP contribution < -0.4 is 5.32 Å². The van der Waals surface area contributed by atoms with Crippen LogP contribution in [0.3, 0.4) is 0 Å². The van der Waals surface area contributed by atoms with Crippen molar-refractivity contribution in [2.24, 2.45) is 0 Å². The number of phenols is 1. The first-order valence-corrected chi connectivity index (χ1v) is 5.12. The number of methoxy groups -OCH3 is 1. The second-order valence-corrected chi connectivity index (χ2v) is 3.75. The molecule has 2 rings (SSSR count). The molecule has 1 aliphatic rings. The van der Waals surface area contributed by atoms with E-state index in [0.29, 0.717) is 11.4 Å². The number of cyclic esters (lactones) is 1. The lowest BCUT2D eigenvalue weighted by molar-refractivity contribution is -0.155. The van der Waals surface area contributed by atoms with Gasteiger partial charge in [0, 0.05) is 13.2 Å². The summed E-state index contributed by atoms with van der Waals surface area (Å²) >= 11 is 0. The summed E-state index contributed by atoms with van der Waals surface area (Å²) in [5, 5.41) is 12.6. The number of rotatable bonds is 3. The third kappa shape index (κ3) is 2.39. The molecule has 0 aliphatic carbocycles. The van der Waals surface area contributed by atoms with E-state index in [1.807, 2.05) is 13.0 Å². The Morgan fingerprint density at radius 3 is 2.88 bits per heavy atom. The molecule has 2 N–H and O–H groups in total. The molecule has 1 atom stereocenters. The van der Waals surface area contributed by atoms with Crippen molar-refractivity contribution in [3.63, 3.8) is 0 Å². The molecule has 0 bridgehead atoms. The minimum absolute atomic E-state index is 0.111. The molecule has 0 fully saturated rings. The van der Waals surface area contributed by atoms with Gasteiger partial charge in [-0.15, -0.1) is 0 Å². The number of hydrogen-bond acceptors (Lipinski definition) is 5. The van der Waals surface area contributed by atoms with Crippen molar-refractivity contribution in [3.8, 4) is 5.75 Å². The van der Waals surface area contributed by atoms with Gasteiger partial charge in [0.2, 0.25) is 6.29 Å². The average Bonchev–Trinajstić information content (AvgIpc) is 2.63. The van der Waals surface area contributed by atoms with E-state index >= 15 is 0 Å². The van der Waals surface area contributed by atoms with E-state index in [2.05, 4.69) is 5.32 Å². The molecule has 0 amide bonds. The van der Waals surface area contributed by atoms with Crippen LogP contribution in [0, 0.1) is 6.92 Å². The lowest BCUT2D eigenvalue weighted by Crippen LogP contribution is -2.18. The minimum Gasteiger partial charge on any atom is -0.506 e. The Morgan fingerprint density at radius 2 is 2.24 bits per heavy atom. The molecule has 1 aliphatic heterocycles. The molecule has 90 valence electrons. The van der Waals surface area contributed by atoms with Gasteiger partial charge >= 0.3 is 5.97 Å². The van der Waals surface area contributed by atoms with Crippen molar-refractivity contribution >= 4 is 11.7 Å². The number of benzene rings is 1. The molecule has 0 saturated heterocycles. The van der Waals surface area contributed by atoms with Gasteiger partial charge in [-0.05, 0) is 24.6 Å². The SMILES string of the molecule is CO[C@@H]1OC(=O)C=C1Nc1ccc(C)cc1O. The predicted octanol–water partition coefficient (Wildman–Crippen LogP) is 1.53. The van der Waals surface area contributed by atoms with E-state index in [0.717, 1.165) is 5.56 Å². The van der Waals surface area contributed by atoms with E-state index in [9.17, 15) is 9.90 Å². The van der Waals surface area contributed by atoms with Gasteiger partial charge in [0.25, 0.3) is 0 Å². The maximum Gasteiger partial charge on any atom is 0.335 e. The summed E-state index contributed by atoms with van der Waals surface area (Å²) in [4.78, 5) is 11.1. The third-order valence-corrected chi connectivity index (χ3v) is 2.40. The molecule has 0 spiro atoms. The Hall–Kier alpha value is -2.01. The number of carbonyl (C=O) groups is 1. The Labute approximate surface area is 98.7 Å².